The van der Waals surface area contributed by atoms with Crippen LogP contribution >= 0.6 is 0 Å². The van der Waals surface area contributed by atoms with Gasteiger partial charge in [0.25, 0.3) is 0 Å². The van der Waals surface area contributed by atoms with E-state index < -0.39 is 0 Å². The Morgan fingerprint density at radius 1 is 1.05 bits per heavy atom. The molecule has 1 aliphatic heterocycles. The molecule has 1 aliphatic rings. The maximum atomic E-state index is 3.59. The van der Waals surface area contributed by atoms with Gasteiger partial charge in [0, 0.05) is 23.3 Å². The van der Waals surface area contributed by atoms with Gasteiger partial charge in [-0.1, -0.05) is 12.1 Å². The zero-order valence-electron chi connectivity index (χ0n) is 13.3. The smallest absolute Gasteiger partial charge is 0.0475 e. The minimum absolute atomic E-state index is 0.124. The third-order valence-corrected chi connectivity index (χ3v) is 4.29. The minimum Gasteiger partial charge on any atom is -0.360 e. The van der Waals surface area contributed by atoms with Crippen LogP contribution in [0.4, 0.5) is 5.69 Å². The number of benzene rings is 1. The Hall–Kier alpha value is -1.02. The van der Waals surface area contributed by atoms with Crippen LogP contribution in [0.1, 0.15) is 45.2 Å². The van der Waals surface area contributed by atoms with Crippen LogP contribution in [0.2, 0.25) is 0 Å². The number of rotatable bonds is 1. The van der Waals surface area contributed by atoms with E-state index in [0.29, 0.717) is 0 Å². The van der Waals surface area contributed by atoms with E-state index in [2.05, 4.69) is 70.0 Å². The van der Waals surface area contributed by atoms with Crippen LogP contribution in [0.15, 0.2) is 18.2 Å². The van der Waals surface area contributed by atoms with Crippen molar-refractivity contribution < 1.29 is 0 Å². The van der Waals surface area contributed by atoms with Gasteiger partial charge in [0.15, 0.2) is 0 Å². The van der Waals surface area contributed by atoms with Crippen LogP contribution in [0.3, 0.4) is 0 Å². The van der Waals surface area contributed by atoms with Crippen molar-refractivity contribution in [2.75, 3.05) is 18.0 Å². The first-order chi connectivity index (χ1) is 8.74. The zero-order valence-corrected chi connectivity index (χ0v) is 13.3. The second kappa shape index (κ2) is 4.82. The Morgan fingerprint density at radius 2 is 1.74 bits per heavy atom. The van der Waals surface area contributed by atoms with Gasteiger partial charge in [-0.25, -0.2) is 0 Å². The molecule has 0 amide bonds. The average molecular weight is 260 g/mol. The summed E-state index contributed by atoms with van der Waals surface area (Å²) in [6.45, 7) is 15.9. The van der Waals surface area contributed by atoms with E-state index in [4.69, 9.17) is 0 Å². The lowest BCUT2D eigenvalue weighted by atomic mass is 9.90. The molecule has 2 heteroatoms. The van der Waals surface area contributed by atoms with E-state index in [1.807, 2.05) is 0 Å². The lowest BCUT2D eigenvalue weighted by Gasteiger charge is -2.49. The molecule has 0 bridgehead atoms. The van der Waals surface area contributed by atoms with E-state index in [9.17, 15) is 0 Å². The molecule has 0 radical (unpaired) electrons. The fraction of sp³-hybridized carbons (Fsp3) is 0.647. The van der Waals surface area contributed by atoms with Gasteiger partial charge in [0.1, 0.15) is 0 Å². The van der Waals surface area contributed by atoms with Gasteiger partial charge in [-0.05, 0) is 71.7 Å². The fourth-order valence-electron chi connectivity index (χ4n) is 3.41. The molecule has 1 fully saturated rings. The highest BCUT2D eigenvalue weighted by Gasteiger charge is 2.40. The van der Waals surface area contributed by atoms with Gasteiger partial charge in [-0.2, -0.15) is 0 Å². The first-order valence-electron chi connectivity index (χ1n) is 7.32. The molecule has 0 saturated carbocycles. The lowest BCUT2D eigenvalue weighted by Crippen LogP contribution is -2.57. The van der Waals surface area contributed by atoms with E-state index in [1.165, 1.54) is 23.2 Å². The second-order valence-corrected chi connectivity index (χ2v) is 7.18. The molecule has 1 saturated heterocycles. The summed E-state index contributed by atoms with van der Waals surface area (Å²) in [6.07, 6.45) is 1.17. The molecular formula is C17H28N2. The summed E-state index contributed by atoms with van der Waals surface area (Å²) in [5.74, 6) is 0. The summed E-state index contributed by atoms with van der Waals surface area (Å²) in [7, 11) is 0. The van der Waals surface area contributed by atoms with E-state index in [-0.39, 0.29) is 11.1 Å². The van der Waals surface area contributed by atoms with Gasteiger partial charge in [-0.3, -0.25) is 0 Å². The van der Waals surface area contributed by atoms with Crippen molar-refractivity contribution in [3.05, 3.63) is 29.3 Å². The third-order valence-electron chi connectivity index (χ3n) is 4.29. The quantitative estimate of drug-likeness (QED) is 0.829. The number of nitrogens with one attached hydrogen (secondary N) is 1. The van der Waals surface area contributed by atoms with Crippen molar-refractivity contribution in [2.24, 2.45) is 0 Å². The first-order valence-corrected chi connectivity index (χ1v) is 7.32. The highest BCUT2D eigenvalue weighted by Crippen LogP contribution is 2.37. The van der Waals surface area contributed by atoms with Crippen molar-refractivity contribution >= 4 is 5.69 Å². The van der Waals surface area contributed by atoms with Crippen LogP contribution in [-0.4, -0.2) is 24.2 Å². The molecule has 1 aromatic carbocycles. The SMILES string of the molecule is Cc1ccc(C)c(N2C(C)(C)CCNCC2(C)C)c1. The summed E-state index contributed by atoms with van der Waals surface area (Å²) in [6, 6.07) is 6.79. The van der Waals surface area contributed by atoms with Gasteiger partial charge in [0.2, 0.25) is 0 Å². The summed E-state index contributed by atoms with van der Waals surface area (Å²) in [5, 5.41) is 3.59. The molecule has 0 atom stereocenters. The highest BCUT2D eigenvalue weighted by molar-refractivity contribution is 5.59. The molecule has 0 aromatic heterocycles. The highest BCUT2D eigenvalue weighted by atomic mass is 15.3. The number of hydrogen-bond acceptors (Lipinski definition) is 2. The molecule has 2 nitrogen and oxygen atoms in total. The van der Waals surface area contributed by atoms with Gasteiger partial charge in [0.05, 0.1) is 0 Å². The maximum Gasteiger partial charge on any atom is 0.0475 e. The Morgan fingerprint density at radius 3 is 2.42 bits per heavy atom. The molecule has 106 valence electrons. The summed E-state index contributed by atoms with van der Waals surface area (Å²) < 4.78 is 0. The third kappa shape index (κ3) is 2.79. The Balaban J connectivity index is 2.56. The number of aryl methyl sites for hydroxylation is 2. The van der Waals surface area contributed by atoms with Crippen molar-refractivity contribution in [3.63, 3.8) is 0 Å². The Labute approximate surface area is 118 Å². The van der Waals surface area contributed by atoms with Crippen LogP contribution < -0.4 is 10.2 Å². The predicted octanol–water partition coefficient (Wildman–Crippen LogP) is 3.66. The monoisotopic (exact) mass is 260 g/mol. The molecule has 0 spiro atoms. The van der Waals surface area contributed by atoms with Crippen LogP contribution in [0, 0.1) is 13.8 Å². The molecular weight excluding hydrogens is 232 g/mol. The fourth-order valence-corrected chi connectivity index (χ4v) is 3.41. The van der Waals surface area contributed by atoms with Crippen LogP contribution in [-0.2, 0) is 0 Å². The van der Waals surface area contributed by atoms with Crippen molar-refractivity contribution in [1.29, 1.82) is 0 Å². The lowest BCUT2D eigenvalue weighted by molar-refractivity contribution is 0.357. The summed E-state index contributed by atoms with van der Waals surface area (Å²) >= 11 is 0. The van der Waals surface area contributed by atoms with E-state index in [1.54, 1.807) is 0 Å². The number of hydrogen-bond donors (Lipinski definition) is 1. The van der Waals surface area contributed by atoms with Gasteiger partial charge < -0.3 is 10.2 Å². The summed E-state index contributed by atoms with van der Waals surface area (Å²) in [5.41, 5.74) is 4.39. The second-order valence-electron chi connectivity index (χ2n) is 7.18. The van der Waals surface area contributed by atoms with E-state index >= 15 is 0 Å². The standard InChI is InChI=1S/C17H28N2/c1-13-7-8-14(2)15(11-13)19-16(3,4)9-10-18-12-17(19,5)6/h7-8,11,18H,9-10,12H2,1-6H3. The van der Waals surface area contributed by atoms with Gasteiger partial charge >= 0.3 is 0 Å². The number of nitrogens with zero attached hydrogens (tertiary/aromatic N) is 1. The average Bonchev–Trinajstić information content (AvgIpc) is 2.38. The molecule has 0 aliphatic carbocycles. The predicted molar refractivity (Wildman–Crippen MR) is 84.0 cm³/mol. The topological polar surface area (TPSA) is 15.3 Å². The summed E-state index contributed by atoms with van der Waals surface area (Å²) in [4.78, 5) is 2.63. The molecule has 19 heavy (non-hydrogen) atoms. The van der Waals surface area contributed by atoms with Crippen molar-refractivity contribution in [1.82, 2.24) is 5.32 Å². The normalized spacial score (nSPS) is 22.1. The van der Waals surface area contributed by atoms with Crippen molar-refractivity contribution in [3.8, 4) is 0 Å². The molecule has 0 unspecified atom stereocenters. The van der Waals surface area contributed by atoms with Gasteiger partial charge in [-0.15, -0.1) is 0 Å². The first kappa shape index (κ1) is 14.4. The largest absolute Gasteiger partial charge is 0.360 e. The molecule has 1 aromatic rings. The number of anilines is 1. The van der Waals surface area contributed by atoms with E-state index in [0.717, 1.165) is 13.1 Å². The maximum absolute atomic E-state index is 3.59. The Kier molecular flexibility index (Phi) is 3.65. The Bertz CT molecular complexity index is 442. The zero-order chi connectivity index (χ0) is 14.3. The van der Waals surface area contributed by atoms with Crippen LogP contribution in [0.25, 0.3) is 0 Å². The molecule has 1 N–H and O–H groups in total. The molecule has 1 heterocycles. The minimum atomic E-state index is 0.124. The molecule has 2 rings (SSSR count). The van der Waals surface area contributed by atoms with Crippen LogP contribution in [0.5, 0.6) is 0 Å². The van der Waals surface area contributed by atoms with Crippen molar-refractivity contribution in [2.45, 2.75) is 59.0 Å².